The number of ether oxygens (including phenoxy) is 1. The van der Waals surface area contributed by atoms with Crippen LogP contribution < -0.4 is 16.0 Å². The van der Waals surface area contributed by atoms with Crippen LogP contribution in [0, 0.1) is 0 Å². The number of nitrogens with two attached hydrogens (primary N) is 1. The summed E-state index contributed by atoms with van der Waals surface area (Å²) in [5.74, 6) is 7.06. The van der Waals surface area contributed by atoms with Gasteiger partial charge in [-0.05, 0) is 37.0 Å². The summed E-state index contributed by atoms with van der Waals surface area (Å²) in [5.41, 5.74) is 4.04. The molecule has 0 heterocycles. The van der Waals surface area contributed by atoms with E-state index in [4.69, 9.17) is 22.2 Å². The summed E-state index contributed by atoms with van der Waals surface area (Å²) in [6.45, 7) is 0. The molecular weight excluding hydrogens is 224 g/mol. The predicted octanol–water partition coefficient (Wildman–Crippen LogP) is 2.09. The van der Waals surface area contributed by atoms with E-state index in [9.17, 15) is 0 Å². The van der Waals surface area contributed by atoms with E-state index in [0.29, 0.717) is 5.88 Å². The average Bonchev–Trinajstić information content (AvgIpc) is 2.34. The minimum absolute atomic E-state index is 0.269. The molecule has 1 rings (SSSR count). The number of hydrazine groups is 1. The average molecular weight is 243 g/mol. The van der Waals surface area contributed by atoms with Gasteiger partial charge in [-0.1, -0.05) is 12.1 Å². The third-order valence-corrected chi connectivity index (χ3v) is 2.81. The van der Waals surface area contributed by atoms with Gasteiger partial charge in [-0.15, -0.1) is 11.6 Å². The molecule has 1 atom stereocenters. The molecule has 1 unspecified atom stereocenters. The van der Waals surface area contributed by atoms with Crippen molar-refractivity contribution in [3.63, 3.8) is 0 Å². The smallest absolute Gasteiger partial charge is 0.119 e. The number of methoxy groups -OCH3 is 1. The van der Waals surface area contributed by atoms with Crippen LogP contribution >= 0.6 is 11.6 Å². The zero-order valence-corrected chi connectivity index (χ0v) is 10.3. The summed E-state index contributed by atoms with van der Waals surface area (Å²) in [6.07, 6.45) is 2.85. The van der Waals surface area contributed by atoms with Gasteiger partial charge in [-0.3, -0.25) is 11.3 Å². The van der Waals surface area contributed by atoms with Gasteiger partial charge in [-0.2, -0.15) is 0 Å². The Morgan fingerprint density at radius 1 is 1.50 bits per heavy atom. The first-order chi connectivity index (χ1) is 7.80. The standard InChI is InChI=1S/C12H19ClN2O/c1-16-12-6-2-4-10(9-12)8-11(15-14)5-3-7-13/h2,4,6,9,11,15H,3,5,7-8,14H2,1H3. The topological polar surface area (TPSA) is 47.3 Å². The highest BCUT2D eigenvalue weighted by atomic mass is 35.5. The molecule has 1 aromatic carbocycles. The molecule has 0 saturated carbocycles. The molecule has 0 fully saturated rings. The van der Waals surface area contributed by atoms with E-state index in [1.54, 1.807) is 7.11 Å². The fourth-order valence-electron chi connectivity index (χ4n) is 1.65. The predicted molar refractivity (Wildman–Crippen MR) is 67.8 cm³/mol. The highest BCUT2D eigenvalue weighted by Gasteiger charge is 2.07. The molecule has 3 nitrogen and oxygen atoms in total. The molecule has 0 amide bonds. The van der Waals surface area contributed by atoms with Crippen LogP contribution in [0.5, 0.6) is 5.75 Å². The minimum Gasteiger partial charge on any atom is -0.497 e. The summed E-state index contributed by atoms with van der Waals surface area (Å²) in [4.78, 5) is 0. The maximum absolute atomic E-state index is 5.66. The van der Waals surface area contributed by atoms with Crippen LogP contribution in [0.1, 0.15) is 18.4 Å². The normalized spacial score (nSPS) is 12.4. The zero-order valence-electron chi connectivity index (χ0n) is 9.58. The van der Waals surface area contributed by atoms with E-state index in [0.717, 1.165) is 25.0 Å². The summed E-state index contributed by atoms with van der Waals surface area (Å²) < 4.78 is 5.18. The van der Waals surface area contributed by atoms with Crippen molar-refractivity contribution in [3.8, 4) is 5.75 Å². The molecule has 0 aliphatic heterocycles. The van der Waals surface area contributed by atoms with Gasteiger partial charge in [0, 0.05) is 11.9 Å². The van der Waals surface area contributed by atoms with Gasteiger partial charge in [0.1, 0.15) is 5.75 Å². The van der Waals surface area contributed by atoms with Gasteiger partial charge >= 0.3 is 0 Å². The van der Waals surface area contributed by atoms with Gasteiger partial charge in [-0.25, -0.2) is 0 Å². The molecule has 3 N–H and O–H groups in total. The molecule has 0 bridgehead atoms. The highest BCUT2D eigenvalue weighted by Crippen LogP contribution is 2.15. The monoisotopic (exact) mass is 242 g/mol. The van der Waals surface area contributed by atoms with Crippen LogP contribution in [0.2, 0.25) is 0 Å². The SMILES string of the molecule is COc1cccc(CC(CCCCl)NN)c1. The van der Waals surface area contributed by atoms with Crippen molar-refractivity contribution in [1.29, 1.82) is 0 Å². The molecule has 0 aromatic heterocycles. The van der Waals surface area contributed by atoms with E-state index < -0.39 is 0 Å². The maximum Gasteiger partial charge on any atom is 0.119 e. The number of hydrogen-bond donors (Lipinski definition) is 2. The lowest BCUT2D eigenvalue weighted by Crippen LogP contribution is -2.36. The largest absolute Gasteiger partial charge is 0.497 e. The first-order valence-electron chi connectivity index (χ1n) is 5.45. The van der Waals surface area contributed by atoms with Crippen molar-refractivity contribution >= 4 is 11.6 Å². The van der Waals surface area contributed by atoms with Gasteiger partial charge in [0.05, 0.1) is 7.11 Å². The van der Waals surface area contributed by atoms with E-state index in [-0.39, 0.29) is 6.04 Å². The Kier molecular flexibility index (Phi) is 6.23. The van der Waals surface area contributed by atoms with Crippen molar-refractivity contribution in [1.82, 2.24) is 5.43 Å². The number of nitrogens with one attached hydrogen (secondary N) is 1. The van der Waals surface area contributed by atoms with Crippen LogP contribution in [0.4, 0.5) is 0 Å². The maximum atomic E-state index is 5.66. The third-order valence-electron chi connectivity index (χ3n) is 2.54. The number of halogens is 1. The van der Waals surface area contributed by atoms with Gasteiger partial charge in [0.25, 0.3) is 0 Å². The van der Waals surface area contributed by atoms with Crippen molar-refractivity contribution in [2.45, 2.75) is 25.3 Å². The fourth-order valence-corrected chi connectivity index (χ4v) is 1.81. The van der Waals surface area contributed by atoms with Crippen LogP contribution in [0.25, 0.3) is 0 Å². The first-order valence-corrected chi connectivity index (χ1v) is 5.98. The Bertz CT molecular complexity index is 307. The van der Waals surface area contributed by atoms with Crippen molar-refractivity contribution in [3.05, 3.63) is 29.8 Å². The van der Waals surface area contributed by atoms with Crippen molar-refractivity contribution < 1.29 is 4.74 Å². The number of benzene rings is 1. The molecular formula is C12H19ClN2O. The molecule has 1 aromatic rings. The van der Waals surface area contributed by atoms with Gasteiger partial charge < -0.3 is 4.74 Å². The lowest BCUT2D eigenvalue weighted by molar-refractivity contribution is 0.413. The molecule has 0 aliphatic carbocycles. The number of hydrogen-bond acceptors (Lipinski definition) is 3. The van der Waals surface area contributed by atoms with E-state index >= 15 is 0 Å². The zero-order chi connectivity index (χ0) is 11.8. The van der Waals surface area contributed by atoms with Gasteiger partial charge in [0.2, 0.25) is 0 Å². The van der Waals surface area contributed by atoms with Crippen molar-refractivity contribution in [2.24, 2.45) is 5.84 Å². The van der Waals surface area contributed by atoms with E-state index in [1.165, 1.54) is 5.56 Å². The Labute approximate surface area is 102 Å². The Morgan fingerprint density at radius 2 is 2.31 bits per heavy atom. The molecule has 16 heavy (non-hydrogen) atoms. The Balaban J connectivity index is 2.55. The highest BCUT2D eigenvalue weighted by molar-refractivity contribution is 6.17. The second-order valence-electron chi connectivity index (χ2n) is 3.75. The van der Waals surface area contributed by atoms with Crippen LogP contribution in [-0.2, 0) is 6.42 Å². The van der Waals surface area contributed by atoms with E-state index in [2.05, 4.69) is 11.5 Å². The molecule has 0 radical (unpaired) electrons. The Morgan fingerprint density at radius 3 is 2.94 bits per heavy atom. The second-order valence-corrected chi connectivity index (χ2v) is 4.13. The Hall–Kier alpha value is -0.770. The number of rotatable bonds is 7. The minimum atomic E-state index is 0.269. The summed E-state index contributed by atoms with van der Waals surface area (Å²) in [6, 6.07) is 8.31. The lowest BCUT2D eigenvalue weighted by atomic mass is 10.0. The van der Waals surface area contributed by atoms with Crippen LogP contribution in [0.15, 0.2) is 24.3 Å². The van der Waals surface area contributed by atoms with Crippen LogP contribution in [-0.4, -0.2) is 19.0 Å². The van der Waals surface area contributed by atoms with Crippen LogP contribution in [0.3, 0.4) is 0 Å². The molecule has 4 heteroatoms. The fraction of sp³-hybridized carbons (Fsp3) is 0.500. The number of alkyl halides is 1. The lowest BCUT2D eigenvalue weighted by Gasteiger charge is -2.15. The third kappa shape index (κ3) is 4.39. The van der Waals surface area contributed by atoms with Gasteiger partial charge in [0.15, 0.2) is 0 Å². The second kappa shape index (κ2) is 7.49. The quantitative estimate of drug-likeness (QED) is 0.437. The molecule has 0 saturated heterocycles. The first kappa shape index (κ1) is 13.3. The molecule has 0 spiro atoms. The molecule has 0 aliphatic rings. The van der Waals surface area contributed by atoms with E-state index in [1.807, 2.05) is 18.2 Å². The molecule has 90 valence electrons. The summed E-state index contributed by atoms with van der Waals surface area (Å²) >= 11 is 5.66. The van der Waals surface area contributed by atoms with Crippen molar-refractivity contribution in [2.75, 3.05) is 13.0 Å². The summed E-state index contributed by atoms with van der Waals surface area (Å²) in [5, 5.41) is 0. The summed E-state index contributed by atoms with van der Waals surface area (Å²) in [7, 11) is 1.67.